The minimum Gasteiger partial charge on any atom is -0.469 e. The molecule has 0 radical (unpaired) electrons. The van der Waals surface area contributed by atoms with Crippen LogP contribution in [0.15, 0.2) is 53.1 Å². The molecule has 1 aromatic carbocycles. The molecule has 2 aromatic rings. The van der Waals surface area contributed by atoms with Gasteiger partial charge in [-0.05, 0) is 31.0 Å². The SMILES string of the molecule is CC(Cc1ccco1)NC(=O)[C@H](N)Cc1ccccc1. The van der Waals surface area contributed by atoms with E-state index in [2.05, 4.69) is 5.32 Å². The number of amides is 1. The van der Waals surface area contributed by atoms with Crippen molar-refractivity contribution in [2.24, 2.45) is 5.73 Å². The van der Waals surface area contributed by atoms with Gasteiger partial charge in [0.05, 0.1) is 12.3 Å². The van der Waals surface area contributed by atoms with Crippen LogP contribution < -0.4 is 11.1 Å². The predicted octanol–water partition coefficient (Wildman–Crippen LogP) is 1.90. The van der Waals surface area contributed by atoms with Crippen molar-refractivity contribution in [3.8, 4) is 0 Å². The number of carbonyl (C=O) groups is 1. The van der Waals surface area contributed by atoms with Crippen LogP contribution in [-0.2, 0) is 17.6 Å². The Hall–Kier alpha value is -2.07. The maximum atomic E-state index is 12.0. The Labute approximate surface area is 119 Å². The first kappa shape index (κ1) is 14.3. The molecule has 3 N–H and O–H groups in total. The molecular weight excluding hydrogens is 252 g/mol. The van der Waals surface area contributed by atoms with Crippen LogP contribution >= 0.6 is 0 Å². The van der Waals surface area contributed by atoms with Crippen LogP contribution in [0.4, 0.5) is 0 Å². The largest absolute Gasteiger partial charge is 0.469 e. The summed E-state index contributed by atoms with van der Waals surface area (Å²) in [7, 11) is 0. The van der Waals surface area contributed by atoms with Gasteiger partial charge in [0.1, 0.15) is 5.76 Å². The summed E-state index contributed by atoms with van der Waals surface area (Å²) in [6.45, 7) is 1.94. The molecule has 106 valence electrons. The van der Waals surface area contributed by atoms with E-state index in [1.54, 1.807) is 6.26 Å². The average Bonchev–Trinajstić information content (AvgIpc) is 2.92. The lowest BCUT2D eigenvalue weighted by molar-refractivity contribution is -0.122. The first-order valence-corrected chi connectivity index (χ1v) is 6.77. The van der Waals surface area contributed by atoms with E-state index in [0.717, 1.165) is 11.3 Å². The third kappa shape index (κ3) is 4.24. The zero-order valence-corrected chi connectivity index (χ0v) is 11.6. The lowest BCUT2D eigenvalue weighted by atomic mass is 10.1. The van der Waals surface area contributed by atoms with E-state index in [0.29, 0.717) is 12.8 Å². The zero-order valence-electron chi connectivity index (χ0n) is 11.6. The maximum absolute atomic E-state index is 12.0. The second kappa shape index (κ2) is 6.91. The Kier molecular flexibility index (Phi) is 4.96. The van der Waals surface area contributed by atoms with Crippen LogP contribution in [0.25, 0.3) is 0 Å². The summed E-state index contributed by atoms with van der Waals surface area (Å²) < 4.78 is 5.26. The standard InChI is InChI=1S/C16H20N2O2/c1-12(10-14-8-5-9-20-14)18-16(19)15(17)11-13-6-3-2-4-7-13/h2-9,12,15H,10-11,17H2,1H3,(H,18,19)/t12?,15-/m1/s1. The Morgan fingerprint density at radius 3 is 2.60 bits per heavy atom. The molecule has 4 nitrogen and oxygen atoms in total. The normalized spacial score (nSPS) is 13.7. The van der Waals surface area contributed by atoms with Gasteiger partial charge in [0.25, 0.3) is 0 Å². The van der Waals surface area contributed by atoms with Crippen LogP contribution in [-0.4, -0.2) is 18.0 Å². The van der Waals surface area contributed by atoms with E-state index in [-0.39, 0.29) is 11.9 Å². The summed E-state index contributed by atoms with van der Waals surface area (Å²) in [5.41, 5.74) is 7.00. The summed E-state index contributed by atoms with van der Waals surface area (Å²) in [6.07, 6.45) is 2.84. The molecule has 0 fully saturated rings. The molecule has 1 heterocycles. The lowest BCUT2D eigenvalue weighted by Gasteiger charge is -2.17. The molecule has 1 amide bonds. The van der Waals surface area contributed by atoms with E-state index in [9.17, 15) is 4.79 Å². The van der Waals surface area contributed by atoms with Crippen molar-refractivity contribution in [1.29, 1.82) is 0 Å². The molecule has 20 heavy (non-hydrogen) atoms. The number of furan rings is 1. The van der Waals surface area contributed by atoms with Gasteiger partial charge in [-0.2, -0.15) is 0 Å². The van der Waals surface area contributed by atoms with Crippen molar-refractivity contribution in [3.63, 3.8) is 0 Å². The van der Waals surface area contributed by atoms with Crippen molar-refractivity contribution >= 4 is 5.91 Å². The van der Waals surface area contributed by atoms with Gasteiger partial charge in [-0.15, -0.1) is 0 Å². The molecule has 4 heteroatoms. The fourth-order valence-corrected chi connectivity index (χ4v) is 2.09. The monoisotopic (exact) mass is 272 g/mol. The predicted molar refractivity (Wildman–Crippen MR) is 78.1 cm³/mol. The molecule has 1 unspecified atom stereocenters. The highest BCUT2D eigenvalue weighted by molar-refractivity contribution is 5.82. The first-order chi connectivity index (χ1) is 9.65. The van der Waals surface area contributed by atoms with Gasteiger partial charge in [-0.1, -0.05) is 30.3 Å². The molecule has 0 saturated heterocycles. The van der Waals surface area contributed by atoms with Crippen LogP contribution in [0.3, 0.4) is 0 Å². The third-order valence-electron chi connectivity index (χ3n) is 3.11. The molecule has 0 aliphatic carbocycles. The fourth-order valence-electron chi connectivity index (χ4n) is 2.09. The second-order valence-electron chi connectivity index (χ2n) is 4.99. The van der Waals surface area contributed by atoms with Gasteiger partial charge < -0.3 is 15.5 Å². The molecule has 2 rings (SSSR count). The number of hydrogen-bond acceptors (Lipinski definition) is 3. The highest BCUT2D eigenvalue weighted by atomic mass is 16.3. The highest BCUT2D eigenvalue weighted by Gasteiger charge is 2.16. The number of benzene rings is 1. The van der Waals surface area contributed by atoms with Gasteiger partial charge >= 0.3 is 0 Å². The molecule has 0 aliphatic rings. The Morgan fingerprint density at radius 1 is 1.20 bits per heavy atom. The van der Waals surface area contributed by atoms with Crippen molar-refractivity contribution in [1.82, 2.24) is 5.32 Å². The van der Waals surface area contributed by atoms with E-state index >= 15 is 0 Å². The van der Waals surface area contributed by atoms with E-state index in [1.165, 1.54) is 0 Å². The maximum Gasteiger partial charge on any atom is 0.237 e. The number of hydrogen-bond donors (Lipinski definition) is 2. The summed E-state index contributed by atoms with van der Waals surface area (Å²) in [6, 6.07) is 13.0. The van der Waals surface area contributed by atoms with Crippen molar-refractivity contribution in [2.45, 2.75) is 31.8 Å². The molecule has 0 aliphatic heterocycles. The van der Waals surface area contributed by atoms with Crippen molar-refractivity contribution in [2.75, 3.05) is 0 Å². The highest BCUT2D eigenvalue weighted by Crippen LogP contribution is 2.05. The Morgan fingerprint density at radius 2 is 1.95 bits per heavy atom. The molecular formula is C16H20N2O2. The van der Waals surface area contributed by atoms with Gasteiger partial charge in [0.2, 0.25) is 5.91 Å². The Bertz CT molecular complexity index is 523. The van der Waals surface area contributed by atoms with Gasteiger partial charge in [0, 0.05) is 12.5 Å². The Balaban J connectivity index is 1.81. The van der Waals surface area contributed by atoms with Crippen LogP contribution in [0.1, 0.15) is 18.2 Å². The number of nitrogens with one attached hydrogen (secondary N) is 1. The molecule has 1 aromatic heterocycles. The van der Waals surface area contributed by atoms with Gasteiger partial charge in [-0.25, -0.2) is 0 Å². The molecule has 0 saturated carbocycles. The van der Waals surface area contributed by atoms with E-state index in [1.807, 2.05) is 49.4 Å². The number of carbonyl (C=O) groups excluding carboxylic acids is 1. The second-order valence-corrected chi connectivity index (χ2v) is 4.99. The molecule has 0 bridgehead atoms. The van der Waals surface area contributed by atoms with Gasteiger partial charge in [-0.3, -0.25) is 4.79 Å². The summed E-state index contributed by atoms with van der Waals surface area (Å²) in [4.78, 5) is 12.0. The van der Waals surface area contributed by atoms with Crippen LogP contribution in [0.2, 0.25) is 0 Å². The van der Waals surface area contributed by atoms with Crippen molar-refractivity contribution in [3.05, 3.63) is 60.1 Å². The minimum atomic E-state index is -0.531. The average molecular weight is 272 g/mol. The number of nitrogens with two attached hydrogens (primary N) is 1. The quantitative estimate of drug-likeness (QED) is 0.844. The summed E-state index contributed by atoms with van der Waals surface area (Å²) in [5.74, 6) is 0.724. The van der Waals surface area contributed by atoms with Gasteiger partial charge in [0.15, 0.2) is 0 Å². The minimum absolute atomic E-state index is 0.00419. The summed E-state index contributed by atoms with van der Waals surface area (Å²) in [5, 5.41) is 2.91. The van der Waals surface area contributed by atoms with E-state index < -0.39 is 6.04 Å². The fraction of sp³-hybridized carbons (Fsp3) is 0.312. The van der Waals surface area contributed by atoms with E-state index in [4.69, 9.17) is 10.2 Å². The third-order valence-corrected chi connectivity index (χ3v) is 3.11. The smallest absolute Gasteiger partial charge is 0.237 e. The van der Waals surface area contributed by atoms with Crippen molar-refractivity contribution < 1.29 is 9.21 Å². The number of rotatable bonds is 6. The molecule has 0 spiro atoms. The zero-order chi connectivity index (χ0) is 14.4. The topological polar surface area (TPSA) is 68.3 Å². The molecule has 2 atom stereocenters. The summed E-state index contributed by atoms with van der Waals surface area (Å²) >= 11 is 0. The van der Waals surface area contributed by atoms with Crippen LogP contribution in [0.5, 0.6) is 0 Å². The lowest BCUT2D eigenvalue weighted by Crippen LogP contribution is -2.46. The first-order valence-electron chi connectivity index (χ1n) is 6.77. The van der Waals surface area contributed by atoms with Crippen LogP contribution in [0, 0.1) is 0 Å².